The van der Waals surface area contributed by atoms with E-state index in [1.165, 1.54) is 7.05 Å². The molecular formula is C14H19NO5. The number of methoxy groups -OCH3 is 1. The summed E-state index contributed by atoms with van der Waals surface area (Å²) in [6, 6.07) is 7.19. The first-order chi connectivity index (χ1) is 9.65. The van der Waals surface area contributed by atoms with Crippen molar-refractivity contribution in [3.05, 3.63) is 24.3 Å². The Balaban J connectivity index is 2.14. The van der Waals surface area contributed by atoms with Crippen molar-refractivity contribution in [1.29, 1.82) is 0 Å². The number of ether oxygens (including phenoxy) is 3. The van der Waals surface area contributed by atoms with Gasteiger partial charge in [0.1, 0.15) is 11.5 Å². The van der Waals surface area contributed by atoms with E-state index in [0.717, 1.165) is 5.75 Å². The highest BCUT2D eigenvalue weighted by Crippen LogP contribution is 2.17. The van der Waals surface area contributed by atoms with Gasteiger partial charge in [0.2, 0.25) is 0 Å². The molecule has 6 nitrogen and oxygen atoms in total. The molecule has 1 aromatic carbocycles. The first kappa shape index (κ1) is 15.8. The zero-order chi connectivity index (χ0) is 14.8. The van der Waals surface area contributed by atoms with Crippen LogP contribution in [0.15, 0.2) is 24.3 Å². The molecule has 0 saturated heterocycles. The van der Waals surface area contributed by atoms with Crippen molar-refractivity contribution in [1.82, 2.24) is 5.32 Å². The lowest BCUT2D eigenvalue weighted by Crippen LogP contribution is -2.25. The van der Waals surface area contributed by atoms with Crippen molar-refractivity contribution in [2.45, 2.75) is 12.8 Å². The van der Waals surface area contributed by atoms with Crippen LogP contribution in [0, 0.1) is 0 Å². The van der Waals surface area contributed by atoms with E-state index in [4.69, 9.17) is 14.2 Å². The summed E-state index contributed by atoms with van der Waals surface area (Å²) in [6.07, 6.45) is 0.742. The molecule has 0 aliphatic carbocycles. The van der Waals surface area contributed by atoms with Gasteiger partial charge in [-0.15, -0.1) is 0 Å². The molecule has 0 atom stereocenters. The Morgan fingerprint density at radius 1 is 1.15 bits per heavy atom. The maximum Gasteiger partial charge on any atom is 0.306 e. The predicted octanol–water partition coefficient (Wildman–Crippen LogP) is 1.14. The van der Waals surface area contributed by atoms with Crippen molar-refractivity contribution in [2.75, 3.05) is 27.4 Å². The Hall–Kier alpha value is -2.24. The van der Waals surface area contributed by atoms with Crippen LogP contribution in [0.1, 0.15) is 12.8 Å². The molecule has 1 rings (SSSR count). The first-order valence-electron chi connectivity index (χ1n) is 6.28. The maximum atomic E-state index is 11.3. The number of hydrogen-bond donors (Lipinski definition) is 1. The highest BCUT2D eigenvalue weighted by molar-refractivity contribution is 5.80. The first-order valence-corrected chi connectivity index (χ1v) is 6.28. The topological polar surface area (TPSA) is 73.9 Å². The number of esters is 1. The minimum absolute atomic E-state index is 0.215. The van der Waals surface area contributed by atoms with Gasteiger partial charge in [0.05, 0.1) is 13.7 Å². The molecule has 1 amide bonds. The molecule has 20 heavy (non-hydrogen) atoms. The molecule has 0 radical (unpaired) electrons. The minimum atomic E-state index is -0.410. The van der Waals surface area contributed by atoms with Crippen LogP contribution in [0.25, 0.3) is 0 Å². The van der Waals surface area contributed by atoms with Gasteiger partial charge >= 0.3 is 5.97 Å². The molecule has 0 heterocycles. The zero-order valence-electron chi connectivity index (χ0n) is 11.7. The quantitative estimate of drug-likeness (QED) is 0.571. The van der Waals surface area contributed by atoms with E-state index >= 15 is 0 Å². The third kappa shape index (κ3) is 6.08. The second kappa shape index (κ2) is 8.79. The van der Waals surface area contributed by atoms with Crippen LogP contribution in [-0.4, -0.2) is 39.2 Å². The molecule has 1 N–H and O–H groups in total. The highest BCUT2D eigenvalue weighted by atomic mass is 16.5. The summed E-state index contributed by atoms with van der Waals surface area (Å²) in [5.41, 5.74) is 0. The normalized spacial score (nSPS) is 9.70. The van der Waals surface area contributed by atoms with Crippen molar-refractivity contribution in [3.8, 4) is 11.5 Å². The largest absolute Gasteiger partial charge is 0.497 e. The third-order valence-electron chi connectivity index (χ3n) is 2.50. The standard InChI is InChI=1S/C14H19NO5/c1-15-13(16)10-20-14(17)4-3-9-19-12-7-5-11(18-2)6-8-12/h5-8H,3-4,9-10H2,1-2H3,(H,15,16). The second-order valence-corrected chi connectivity index (χ2v) is 3.96. The highest BCUT2D eigenvalue weighted by Gasteiger charge is 2.06. The summed E-state index contributed by atoms with van der Waals surface area (Å²) in [6.45, 7) is 0.163. The predicted molar refractivity (Wildman–Crippen MR) is 72.7 cm³/mol. The molecule has 1 aromatic rings. The van der Waals surface area contributed by atoms with Gasteiger partial charge in [-0.2, -0.15) is 0 Å². The van der Waals surface area contributed by atoms with E-state index in [2.05, 4.69) is 5.32 Å². The van der Waals surface area contributed by atoms with E-state index in [1.54, 1.807) is 31.4 Å². The van der Waals surface area contributed by atoms with E-state index in [0.29, 0.717) is 18.8 Å². The number of benzene rings is 1. The van der Waals surface area contributed by atoms with Crippen molar-refractivity contribution in [2.24, 2.45) is 0 Å². The lowest BCUT2D eigenvalue weighted by atomic mass is 10.3. The Labute approximate surface area is 118 Å². The molecule has 110 valence electrons. The number of carbonyl (C=O) groups excluding carboxylic acids is 2. The Bertz CT molecular complexity index is 430. The fourth-order valence-corrected chi connectivity index (χ4v) is 1.37. The van der Waals surface area contributed by atoms with E-state index in [1.807, 2.05) is 0 Å². The molecule has 6 heteroatoms. The van der Waals surface area contributed by atoms with Gasteiger partial charge in [-0.3, -0.25) is 9.59 Å². The Morgan fingerprint density at radius 3 is 2.40 bits per heavy atom. The number of amides is 1. The molecule has 0 aliphatic heterocycles. The summed E-state index contributed by atoms with van der Waals surface area (Å²) < 4.78 is 15.2. The third-order valence-corrected chi connectivity index (χ3v) is 2.50. The molecule has 0 bridgehead atoms. The zero-order valence-corrected chi connectivity index (χ0v) is 11.7. The molecule has 0 aromatic heterocycles. The van der Waals surface area contributed by atoms with Crippen LogP contribution in [0.2, 0.25) is 0 Å². The fraction of sp³-hybridized carbons (Fsp3) is 0.429. The van der Waals surface area contributed by atoms with Crippen LogP contribution in [0.5, 0.6) is 11.5 Å². The lowest BCUT2D eigenvalue weighted by Gasteiger charge is -2.07. The number of carbonyl (C=O) groups is 2. The lowest BCUT2D eigenvalue weighted by molar-refractivity contribution is -0.148. The SMILES string of the molecule is CNC(=O)COC(=O)CCCOc1ccc(OC)cc1. The van der Waals surface area contributed by atoms with Crippen LogP contribution in [0.4, 0.5) is 0 Å². The number of nitrogens with one attached hydrogen (secondary N) is 1. The van der Waals surface area contributed by atoms with E-state index in [9.17, 15) is 9.59 Å². The van der Waals surface area contributed by atoms with Gasteiger partial charge in [-0.25, -0.2) is 0 Å². The Kier molecular flexibility index (Phi) is 6.95. The average Bonchev–Trinajstić information content (AvgIpc) is 2.49. The number of likely N-dealkylation sites (N-methyl/N-ethyl adjacent to an activating group) is 1. The van der Waals surface area contributed by atoms with E-state index < -0.39 is 5.97 Å². The molecule has 0 fully saturated rings. The summed E-state index contributed by atoms with van der Waals surface area (Å²) >= 11 is 0. The summed E-state index contributed by atoms with van der Waals surface area (Å²) in [7, 11) is 3.08. The van der Waals surface area contributed by atoms with Gasteiger partial charge < -0.3 is 19.5 Å². The second-order valence-electron chi connectivity index (χ2n) is 3.96. The summed E-state index contributed by atoms with van der Waals surface area (Å²) in [5.74, 6) is 0.736. The Morgan fingerprint density at radius 2 is 1.80 bits per heavy atom. The van der Waals surface area contributed by atoms with Crippen LogP contribution in [-0.2, 0) is 14.3 Å². The van der Waals surface area contributed by atoms with Gasteiger partial charge in [-0.05, 0) is 30.7 Å². The van der Waals surface area contributed by atoms with Crippen LogP contribution >= 0.6 is 0 Å². The van der Waals surface area contributed by atoms with Gasteiger partial charge in [0, 0.05) is 13.5 Å². The molecule has 0 saturated carbocycles. The fourth-order valence-electron chi connectivity index (χ4n) is 1.37. The molecule has 0 spiro atoms. The van der Waals surface area contributed by atoms with Gasteiger partial charge in [-0.1, -0.05) is 0 Å². The van der Waals surface area contributed by atoms with Gasteiger partial charge in [0.15, 0.2) is 6.61 Å². The monoisotopic (exact) mass is 281 g/mol. The summed E-state index contributed by atoms with van der Waals surface area (Å²) in [4.78, 5) is 22.1. The minimum Gasteiger partial charge on any atom is -0.497 e. The van der Waals surface area contributed by atoms with Crippen LogP contribution in [0.3, 0.4) is 0 Å². The maximum absolute atomic E-state index is 11.3. The number of hydrogen-bond acceptors (Lipinski definition) is 5. The molecule has 0 unspecified atom stereocenters. The van der Waals surface area contributed by atoms with E-state index in [-0.39, 0.29) is 18.9 Å². The molecular weight excluding hydrogens is 262 g/mol. The number of rotatable bonds is 8. The van der Waals surface area contributed by atoms with Crippen molar-refractivity contribution < 1.29 is 23.8 Å². The summed E-state index contributed by atoms with van der Waals surface area (Å²) in [5, 5.41) is 2.37. The average molecular weight is 281 g/mol. The van der Waals surface area contributed by atoms with Crippen molar-refractivity contribution in [3.63, 3.8) is 0 Å². The van der Waals surface area contributed by atoms with Crippen LogP contribution < -0.4 is 14.8 Å². The smallest absolute Gasteiger partial charge is 0.306 e. The van der Waals surface area contributed by atoms with Gasteiger partial charge in [0.25, 0.3) is 5.91 Å². The van der Waals surface area contributed by atoms with Crippen molar-refractivity contribution >= 4 is 11.9 Å². The molecule has 0 aliphatic rings.